The molecule has 2 atom stereocenters. The predicted octanol–water partition coefficient (Wildman–Crippen LogP) is 4.41. The molecule has 2 amide bonds. The first-order valence-corrected chi connectivity index (χ1v) is 14.0. The molecule has 2 aromatic heterocycles. The van der Waals surface area contributed by atoms with Gasteiger partial charge in [0.05, 0.1) is 23.4 Å². The second-order valence-corrected chi connectivity index (χ2v) is 11.2. The molecular weight excluding hydrogens is 582 g/mol. The number of aromatic nitrogens is 3. The number of nitrogens with two attached hydrogens (primary N) is 1. The van der Waals surface area contributed by atoms with E-state index >= 15 is 0 Å². The lowest BCUT2D eigenvalue weighted by atomic mass is 9.78. The van der Waals surface area contributed by atoms with Crippen molar-refractivity contribution < 1.29 is 37.0 Å². The molecule has 3 heterocycles. The van der Waals surface area contributed by atoms with E-state index < -0.39 is 47.1 Å². The molecule has 0 spiro atoms. The summed E-state index contributed by atoms with van der Waals surface area (Å²) < 4.78 is 63.6. The van der Waals surface area contributed by atoms with E-state index in [0.29, 0.717) is 16.8 Å². The SMILES string of the molecule is CC[C@]1(C(N)=O)COc2c1cc([C@@](O)(CNC(=O)c1ccc3nnc(C4CC4)cc3c1)C(F)(F)F)nc2-c1ccc(F)cc1. The van der Waals surface area contributed by atoms with E-state index in [-0.39, 0.29) is 41.2 Å². The zero-order valence-electron chi connectivity index (χ0n) is 23.4. The van der Waals surface area contributed by atoms with Crippen LogP contribution in [0.15, 0.2) is 54.6 Å². The van der Waals surface area contributed by atoms with Crippen molar-refractivity contribution in [2.45, 2.75) is 49.3 Å². The van der Waals surface area contributed by atoms with Crippen LogP contribution >= 0.6 is 0 Å². The topological polar surface area (TPSA) is 140 Å². The Kier molecular flexibility index (Phi) is 7.03. The Hall–Kier alpha value is -4.65. The van der Waals surface area contributed by atoms with E-state index in [1.165, 1.54) is 30.3 Å². The summed E-state index contributed by atoms with van der Waals surface area (Å²) in [6, 6.07) is 11.9. The Balaban J connectivity index is 1.40. The number of nitrogens with zero attached hydrogens (tertiary/aromatic N) is 3. The van der Waals surface area contributed by atoms with E-state index in [1.54, 1.807) is 13.0 Å². The monoisotopic (exact) mass is 609 g/mol. The van der Waals surface area contributed by atoms with Gasteiger partial charge in [-0.25, -0.2) is 9.37 Å². The zero-order chi connectivity index (χ0) is 31.4. The quantitative estimate of drug-likeness (QED) is 0.251. The summed E-state index contributed by atoms with van der Waals surface area (Å²) in [6.07, 6.45) is -3.28. The van der Waals surface area contributed by atoms with E-state index in [9.17, 15) is 32.3 Å². The molecule has 44 heavy (non-hydrogen) atoms. The number of pyridine rings is 1. The number of ether oxygens (including phenoxy) is 1. The summed E-state index contributed by atoms with van der Waals surface area (Å²) in [5, 5.41) is 22.4. The predicted molar refractivity (Wildman–Crippen MR) is 150 cm³/mol. The van der Waals surface area contributed by atoms with E-state index in [0.717, 1.165) is 36.7 Å². The number of hydrogen-bond acceptors (Lipinski definition) is 7. The van der Waals surface area contributed by atoms with Crippen molar-refractivity contribution in [3.8, 4) is 17.0 Å². The van der Waals surface area contributed by atoms with Crippen molar-refractivity contribution in [1.82, 2.24) is 20.5 Å². The molecule has 0 unspecified atom stereocenters. The van der Waals surface area contributed by atoms with E-state index in [4.69, 9.17) is 10.5 Å². The van der Waals surface area contributed by atoms with Crippen LogP contribution < -0.4 is 15.8 Å². The molecule has 1 aliphatic heterocycles. The van der Waals surface area contributed by atoms with Gasteiger partial charge in [-0.15, -0.1) is 0 Å². The van der Waals surface area contributed by atoms with Gasteiger partial charge in [0.25, 0.3) is 5.91 Å². The van der Waals surface area contributed by atoms with Crippen LogP contribution in [0, 0.1) is 5.82 Å². The average Bonchev–Trinajstić information content (AvgIpc) is 3.78. The Morgan fingerprint density at radius 3 is 2.45 bits per heavy atom. The highest BCUT2D eigenvalue weighted by Crippen LogP contribution is 2.49. The summed E-state index contributed by atoms with van der Waals surface area (Å²) in [7, 11) is 0. The third kappa shape index (κ3) is 4.90. The first-order valence-electron chi connectivity index (χ1n) is 14.0. The van der Waals surface area contributed by atoms with Crippen molar-refractivity contribution in [1.29, 1.82) is 0 Å². The van der Waals surface area contributed by atoms with Crippen LogP contribution in [-0.2, 0) is 15.8 Å². The largest absolute Gasteiger partial charge is 0.489 e. The lowest BCUT2D eigenvalue weighted by Gasteiger charge is -2.32. The van der Waals surface area contributed by atoms with Crippen LogP contribution in [0.2, 0.25) is 0 Å². The fourth-order valence-electron chi connectivity index (χ4n) is 5.42. The van der Waals surface area contributed by atoms with Crippen molar-refractivity contribution in [2.24, 2.45) is 5.73 Å². The number of aliphatic hydroxyl groups is 1. The maximum absolute atomic E-state index is 14.7. The van der Waals surface area contributed by atoms with Crippen molar-refractivity contribution in [3.63, 3.8) is 0 Å². The fourth-order valence-corrected chi connectivity index (χ4v) is 5.42. The smallest absolute Gasteiger partial charge is 0.424 e. The minimum atomic E-state index is -5.33. The third-order valence-electron chi connectivity index (χ3n) is 8.40. The van der Waals surface area contributed by atoms with Gasteiger partial charge in [0.2, 0.25) is 11.5 Å². The maximum Gasteiger partial charge on any atom is 0.424 e. The molecule has 0 saturated heterocycles. The van der Waals surface area contributed by atoms with E-state index in [2.05, 4.69) is 20.5 Å². The summed E-state index contributed by atoms with van der Waals surface area (Å²) in [5.41, 5.74) is 0.994. The molecule has 1 saturated carbocycles. The summed E-state index contributed by atoms with van der Waals surface area (Å²) in [4.78, 5) is 29.9. The standard InChI is InChI=1S/C31H27F4N5O4/c1-2-29(28(36)42)15-44-26-21(29)13-24(38-25(26)17-5-8-20(32)9-6-17)30(43,31(33,34)35)14-37-27(41)18-7-10-22-19(11-18)12-23(40-39-22)16-3-4-16/h5-13,16,43H,2-4,14-15H2,1H3,(H2,36,42)(H,37,41)/t29-,30-/m0/s1. The first-order chi connectivity index (χ1) is 20.9. The molecule has 13 heteroatoms. The van der Waals surface area contributed by atoms with Crippen LogP contribution in [0.5, 0.6) is 5.75 Å². The van der Waals surface area contributed by atoms with Gasteiger partial charge in [-0.3, -0.25) is 9.59 Å². The molecule has 2 aromatic carbocycles. The van der Waals surface area contributed by atoms with Crippen LogP contribution in [0.1, 0.15) is 59.4 Å². The number of halogens is 4. The lowest BCUT2D eigenvalue weighted by Crippen LogP contribution is -2.52. The number of primary amides is 1. The zero-order valence-corrected chi connectivity index (χ0v) is 23.4. The highest BCUT2D eigenvalue weighted by atomic mass is 19.4. The molecule has 1 fully saturated rings. The maximum atomic E-state index is 14.7. The van der Waals surface area contributed by atoms with Crippen LogP contribution in [0.25, 0.3) is 22.2 Å². The third-order valence-corrected chi connectivity index (χ3v) is 8.40. The molecule has 9 nitrogen and oxygen atoms in total. The van der Waals surface area contributed by atoms with Gasteiger partial charge in [-0.05, 0) is 73.9 Å². The number of amides is 2. The summed E-state index contributed by atoms with van der Waals surface area (Å²) >= 11 is 0. The minimum absolute atomic E-state index is 0.000557. The number of hydrogen-bond donors (Lipinski definition) is 3. The van der Waals surface area contributed by atoms with Crippen LogP contribution in [0.3, 0.4) is 0 Å². The van der Waals surface area contributed by atoms with Gasteiger partial charge in [-0.1, -0.05) is 6.92 Å². The fraction of sp³-hybridized carbons (Fsp3) is 0.323. The summed E-state index contributed by atoms with van der Waals surface area (Å²) in [6.45, 7) is 0.0593. The molecule has 0 radical (unpaired) electrons. The van der Waals surface area contributed by atoms with Crippen LogP contribution in [0.4, 0.5) is 17.6 Å². The molecule has 2 aliphatic rings. The van der Waals surface area contributed by atoms with Gasteiger partial charge in [0.1, 0.15) is 29.3 Å². The Bertz CT molecular complexity index is 1790. The van der Waals surface area contributed by atoms with Crippen molar-refractivity contribution >= 4 is 22.7 Å². The average molecular weight is 610 g/mol. The number of carbonyl (C=O) groups excluding carboxylic acids is 2. The first kappa shape index (κ1) is 29.4. The second-order valence-electron chi connectivity index (χ2n) is 11.2. The van der Waals surface area contributed by atoms with Crippen molar-refractivity contribution in [3.05, 3.63) is 82.9 Å². The molecule has 228 valence electrons. The molecule has 4 aromatic rings. The number of benzene rings is 2. The molecule has 6 rings (SSSR count). The lowest BCUT2D eigenvalue weighted by molar-refractivity contribution is -0.265. The summed E-state index contributed by atoms with van der Waals surface area (Å²) in [5.74, 6) is -2.00. The molecule has 0 bridgehead atoms. The Labute approximate surface area is 248 Å². The highest BCUT2D eigenvalue weighted by molar-refractivity contribution is 5.98. The van der Waals surface area contributed by atoms with Gasteiger partial charge in [0.15, 0.2) is 0 Å². The number of carbonyl (C=O) groups is 2. The number of rotatable bonds is 8. The van der Waals surface area contributed by atoms with E-state index in [1.807, 2.05) is 0 Å². The number of alkyl halides is 3. The van der Waals surface area contributed by atoms with Gasteiger partial charge < -0.3 is 20.9 Å². The van der Waals surface area contributed by atoms with Gasteiger partial charge >= 0.3 is 6.18 Å². The Morgan fingerprint density at radius 1 is 1.09 bits per heavy atom. The molecular formula is C31H27F4N5O4. The van der Waals surface area contributed by atoms with Crippen molar-refractivity contribution in [2.75, 3.05) is 13.2 Å². The number of fused-ring (bicyclic) bond motifs is 2. The Morgan fingerprint density at radius 2 is 1.82 bits per heavy atom. The van der Waals surface area contributed by atoms with Crippen LogP contribution in [-0.4, -0.2) is 51.4 Å². The minimum Gasteiger partial charge on any atom is -0.489 e. The second kappa shape index (κ2) is 10.5. The van der Waals surface area contributed by atoms with Gasteiger partial charge in [0, 0.05) is 28.0 Å². The van der Waals surface area contributed by atoms with Gasteiger partial charge in [-0.2, -0.15) is 23.4 Å². The highest BCUT2D eigenvalue weighted by Gasteiger charge is 2.58. The molecule has 4 N–H and O–H groups in total. The molecule has 1 aliphatic carbocycles. The number of nitrogens with one attached hydrogen (secondary N) is 1. The normalized spacial score (nSPS) is 19.2.